The SMILES string of the molecule is COc1ccc(N2C(=O)N[C@H](CC(=O)NCc3ccccn3)C2=O)cc1. The topological polar surface area (TPSA) is 101 Å². The van der Waals surface area contributed by atoms with E-state index < -0.39 is 18.0 Å². The van der Waals surface area contributed by atoms with E-state index in [2.05, 4.69) is 15.6 Å². The van der Waals surface area contributed by atoms with Gasteiger partial charge >= 0.3 is 6.03 Å². The van der Waals surface area contributed by atoms with Crippen molar-refractivity contribution in [2.24, 2.45) is 0 Å². The predicted octanol–water partition coefficient (Wildman–Crippen LogP) is 1.22. The Morgan fingerprint density at radius 2 is 2.00 bits per heavy atom. The van der Waals surface area contributed by atoms with E-state index in [1.807, 2.05) is 6.07 Å². The number of carbonyl (C=O) groups is 3. The zero-order chi connectivity index (χ0) is 18.5. The number of ether oxygens (including phenoxy) is 1. The highest BCUT2D eigenvalue weighted by molar-refractivity contribution is 6.22. The maximum atomic E-state index is 12.5. The lowest BCUT2D eigenvalue weighted by Crippen LogP contribution is -2.36. The molecule has 0 bridgehead atoms. The first-order valence-electron chi connectivity index (χ1n) is 8.03. The van der Waals surface area contributed by atoms with Crippen LogP contribution in [0.2, 0.25) is 0 Å². The average molecular weight is 354 g/mol. The number of nitrogens with one attached hydrogen (secondary N) is 2. The van der Waals surface area contributed by atoms with Gasteiger partial charge in [0, 0.05) is 6.20 Å². The van der Waals surface area contributed by atoms with Gasteiger partial charge in [-0.15, -0.1) is 0 Å². The van der Waals surface area contributed by atoms with Crippen LogP contribution in [0.25, 0.3) is 0 Å². The van der Waals surface area contributed by atoms with Crippen molar-refractivity contribution in [1.29, 1.82) is 0 Å². The van der Waals surface area contributed by atoms with Gasteiger partial charge in [-0.3, -0.25) is 14.6 Å². The third-order valence-electron chi connectivity index (χ3n) is 3.93. The molecule has 0 spiro atoms. The molecule has 1 aliphatic heterocycles. The quantitative estimate of drug-likeness (QED) is 0.760. The van der Waals surface area contributed by atoms with Crippen LogP contribution in [0.15, 0.2) is 48.7 Å². The predicted molar refractivity (Wildman–Crippen MR) is 93.5 cm³/mol. The fourth-order valence-corrected chi connectivity index (χ4v) is 2.59. The van der Waals surface area contributed by atoms with E-state index in [-0.39, 0.29) is 18.9 Å². The van der Waals surface area contributed by atoms with Crippen LogP contribution in [0.3, 0.4) is 0 Å². The minimum absolute atomic E-state index is 0.135. The fraction of sp³-hybridized carbons (Fsp3) is 0.222. The van der Waals surface area contributed by atoms with Gasteiger partial charge in [0.1, 0.15) is 11.8 Å². The van der Waals surface area contributed by atoms with Crippen molar-refractivity contribution in [1.82, 2.24) is 15.6 Å². The Kier molecular flexibility index (Phi) is 5.12. The van der Waals surface area contributed by atoms with Crippen LogP contribution >= 0.6 is 0 Å². The van der Waals surface area contributed by atoms with Gasteiger partial charge in [-0.05, 0) is 36.4 Å². The van der Waals surface area contributed by atoms with Crippen LogP contribution in [0.1, 0.15) is 12.1 Å². The van der Waals surface area contributed by atoms with E-state index in [1.54, 1.807) is 42.6 Å². The molecule has 1 aromatic carbocycles. The summed E-state index contributed by atoms with van der Waals surface area (Å²) >= 11 is 0. The molecule has 3 rings (SSSR count). The van der Waals surface area contributed by atoms with Crippen LogP contribution in [-0.2, 0) is 16.1 Å². The lowest BCUT2D eigenvalue weighted by molar-refractivity contribution is -0.125. The molecular weight excluding hydrogens is 336 g/mol. The van der Waals surface area contributed by atoms with Gasteiger partial charge in [0.05, 0.1) is 31.5 Å². The van der Waals surface area contributed by atoms with Crippen molar-refractivity contribution in [2.45, 2.75) is 19.0 Å². The van der Waals surface area contributed by atoms with Crippen LogP contribution < -0.4 is 20.3 Å². The molecule has 0 aliphatic carbocycles. The highest BCUT2D eigenvalue weighted by atomic mass is 16.5. The standard InChI is InChI=1S/C18H18N4O4/c1-26-14-7-5-13(6-8-14)22-17(24)15(21-18(22)25)10-16(23)20-11-12-4-2-3-9-19-12/h2-9,15H,10-11H2,1H3,(H,20,23)(H,21,25)/t15-/m1/s1. The summed E-state index contributed by atoms with van der Waals surface area (Å²) in [4.78, 5) is 41.8. The number of methoxy groups -OCH3 is 1. The molecule has 0 saturated carbocycles. The summed E-state index contributed by atoms with van der Waals surface area (Å²) in [6.07, 6.45) is 1.50. The Balaban J connectivity index is 1.60. The normalized spacial score (nSPS) is 16.3. The molecule has 1 atom stereocenters. The summed E-state index contributed by atoms with van der Waals surface area (Å²) < 4.78 is 5.06. The Hall–Kier alpha value is -3.42. The first-order chi connectivity index (χ1) is 12.6. The van der Waals surface area contributed by atoms with E-state index >= 15 is 0 Å². The van der Waals surface area contributed by atoms with Gasteiger partial charge in [0.25, 0.3) is 5.91 Å². The van der Waals surface area contributed by atoms with Crippen molar-refractivity contribution in [2.75, 3.05) is 12.0 Å². The van der Waals surface area contributed by atoms with Crippen LogP contribution in [0.5, 0.6) is 5.75 Å². The molecule has 1 saturated heterocycles. The molecule has 134 valence electrons. The van der Waals surface area contributed by atoms with Crippen molar-refractivity contribution in [3.63, 3.8) is 0 Å². The summed E-state index contributed by atoms with van der Waals surface area (Å²) in [5.74, 6) is -0.190. The summed E-state index contributed by atoms with van der Waals surface area (Å²) in [5.41, 5.74) is 1.13. The maximum Gasteiger partial charge on any atom is 0.329 e. The number of aromatic nitrogens is 1. The number of pyridine rings is 1. The van der Waals surface area contributed by atoms with Crippen molar-refractivity contribution in [3.8, 4) is 5.75 Å². The number of anilines is 1. The van der Waals surface area contributed by atoms with Crippen molar-refractivity contribution >= 4 is 23.5 Å². The smallest absolute Gasteiger partial charge is 0.329 e. The van der Waals surface area contributed by atoms with Gasteiger partial charge in [0.2, 0.25) is 5.91 Å². The van der Waals surface area contributed by atoms with Crippen molar-refractivity contribution in [3.05, 3.63) is 54.4 Å². The van der Waals surface area contributed by atoms with Gasteiger partial charge in [-0.1, -0.05) is 6.07 Å². The van der Waals surface area contributed by atoms with E-state index in [0.29, 0.717) is 17.1 Å². The molecule has 4 amide bonds. The number of nitrogens with zero attached hydrogens (tertiary/aromatic N) is 2. The Morgan fingerprint density at radius 3 is 2.65 bits per heavy atom. The molecule has 1 fully saturated rings. The molecule has 26 heavy (non-hydrogen) atoms. The monoisotopic (exact) mass is 354 g/mol. The number of amides is 4. The average Bonchev–Trinajstić information content (AvgIpc) is 2.94. The molecule has 8 heteroatoms. The largest absolute Gasteiger partial charge is 0.497 e. The van der Waals surface area contributed by atoms with E-state index in [1.165, 1.54) is 7.11 Å². The zero-order valence-electron chi connectivity index (χ0n) is 14.1. The summed E-state index contributed by atoms with van der Waals surface area (Å²) in [7, 11) is 1.53. The molecule has 2 heterocycles. The number of hydrogen-bond acceptors (Lipinski definition) is 5. The maximum absolute atomic E-state index is 12.5. The Morgan fingerprint density at radius 1 is 1.23 bits per heavy atom. The molecule has 2 aromatic rings. The number of imide groups is 1. The number of carbonyl (C=O) groups excluding carboxylic acids is 3. The minimum atomic E-state index is -0.895. The van der Waals surface area contributed by atoms with E-state index in [4.69, 9.17) is 4.74 Å². The van der Waals surface area contributed by atoms with Gasteiger partial charge in [-0.2, -0.15) is 0 Å². The first-order valence-corrected chi connectivity index (χ1v) is 8.03. The summed E-state index contributed by atoms with van der Waals surface area (Å²) in [5, 5.41) is 5.23. The number of benzene rings is 1. The molecule has 0 unspecified atom stereocenters. The van der Waals surface area contributed by atoms with Gasteiger partial charge in [0.15, 0.2) is 0 Å². The number of rotatable bonds is 6. The number of urea groups is 1. The fourth-order valence-electron chi connectivity index (χ4n) is 2.59. The molecule has 2 N–H and O–H groups in total. The summed E-state index contributed by atoms with van der Waals surface area (Å²) in [6.45, 7) is 0.261. The van der Waals surface area contributed by atoms with Crippen molar-refractivity contribution < 1.29 is 19.1 Å². The third kappa shape index (κ3) is 3.80. The molecule has 1 aliphatic rings. The van der Waals surface area contributed by atoms with Gasteiger partial charge in [-0.25, -0.2) is 9.69 Å². The summed E-state index contributed by atoms with van der Waals surface area (Å²) in [6, 6.07) is 10.5. The molecule has 8 nitrogen and oxygen atoms in total. The van der Waals surface area contributed by atoms with Crippen LogP contribution in [-0.4, -0.2) is 36.0 Å². The zero-order valence-corrected chi connectivity index (χ0v) is 14.1. The number of hydrogen-bond donors (Lipinski definition) is 2. The third-order valence-corrected chi connectivity index (χ3v) is 3.93. The first kappa shape index (κ1) is 17.4. The van der Waals surface area contributed by atoms with Gasteiger partial charge < -0.3 is 15.4 Å². The Labute approximate surface area is 150 Å². The van der Waals surface area contributed by atoms with E-state index in [0.717, 1.165) is 4.90 Å². The Bertz CT molecular complexity index is 808. The van der Waals surface area contributed by atoms with Crippen LogP contribution in [0, 0.1) is 0 Å². The second-order valence-corrected chi connectivity index (χ2v) is 5.68. The lowest BCUT2D eigenvalue weighted by atomic mass is 10.2. The highest BCUT2D eigenvalue weighted by Crippen LogP contribution is 2.23. The second kappa shape index (κ2) is 7.64. The molecular formula is C18H18N4O4. The second-order valence-electron chi connectivity index (χ2n) is 5.68. The highest BCUT2D eigenvalue weighted by Gasteiger charge is 2.39. The molecule has 1 aromatic heterocycles. The van der Waals surface area contributed by atoms with Crippen LogP contribution in [0.4, 0.5) is 10.5 Å². The minimum Gasteiger partial charge on any atom is -0.497 e. The van der Waals surface area contributed by atoms with E-state index in [9.17, 15) is 14.4 Å². The molecule has 0 radical (unpaired) electrons. The lowest BCUT2D eigenvalue weighted by Gasteiger charge is -2.13.